The third-order valence-corrected chi connectivity index (χ3v) is 4.08. The first-order valence-corrected chi connectivity index (χ1v) is 7.69. The van der Waals surface area contributed by atoms with Crippen LogP contribution in [0, 0.1) is 11.3 Å². The van der Waals surface area contributed by atoms with E-state index >= 15 is 0 Å². The molecule has 0 saturated carbocycles. The molecule has 0 aliphatic carbocycles. The molecule has 1 rings (SSSR count). The number of carbonyl (C=O) groups is 2. The molecule has 1 aliphatic heterocycles. The summed E-state index contributed by atoms with van der Waals surface area (Å²) in [5, 5.41) is 0. The van der Waals surface area contributed by atoms with Crippen LogP contribution in [-0.4, -0.2) is 35.5 Å². The van der Waals surface area contributed by atoms with Crippen LogP contribution in [0.2, 0.25) is 0 Å². The minimum Gasteiger partial charge on any atom is -0.465 e. The Labute approximate surface area is 122 Å². The first kappa shape index (κ1) is 17.0. The number of hydrogen-bond acceptors (Lipinski definition) is 3. The van der Waals surface area contributed by atoms with Crippen molar-refractivity contribution < 1.29 is 14.3 Å². The highest BCUT2D eigenvalue weighted by molar-refractivity contribution is 5.98. The molecule has 116 valence electrons. The van der Waals surface area contributed by atoms with Gasteiger partial charge < -0.3 is 9.64 Å². The predicted octanol–water partition coefficient (Wildman–Crippen LogP) is 3.00. The van der Waals surface area contributed by atoms with Crippen molar-refractivity contribution in [3.63, 3.8) is 0 Å². The number of rotatable bonds is 3. The van der Waals surface area contributed by atoms with E-state index in [1.165, 1.54) is 0 Å². The normalized spacial score (nSPS) is 25.2. The van der Waals surface area contributed by atoms with E-state index in [0.717, 1.165) is 19.3 Å². The van der Waals surface area contributed by atoms with E-state index in [9.17, 15) is 9.59 Å². The Balaban J connectivity index is 3.01. The van der Waals surface area contributed by atoms with E-state index in [-0.39, 0.29) is 18.0 Å². The molecular formula is C16H29NO3. The van der Waals surface area contributed by atoms with E-state index in [1.807, 2.05) is 25.7 Å². The highest BCUT2D eigenvalue weighted by atomic mass is 16.5. The molecule has 0 aromatic carbocycles. The SMILES string of the molecule is CCOC(=O)C(C(=O)N1[C@H](C)CCC[C@@H]1C)C(C)(C)C. The summed E-state index contributed by atoms with van der Waals surface area (Å²) in [5.74, 6) is -1.18. The minimum atomic E-state index is -0.717. The zero-order chi connectivity index (χ0) is 15.5. The maximum Gasteiger partial charge on any atom is 0.319 e. The fourth-order valence-corrected chi connectivity index (χ4v) is 3.06. The first-order chi connectivity index (χ1) is 9.20. The molecule has 1 saturated heterocycles. The first-order valence-electron chi connectivity index (χ1n) is 7.69. The van der Waals surface area contributed by atoms with E-state index in [0.29, 0.717) is 6.61 Å². The topological polar surface area (TPSA) is 46.6 Å². The molecule has 0 spiro atoms. The van der Waals surface area contributed by atoms with Crippen LogP contribution in [0.3, 0.4) is 0 Å². The average Bonchev–Trinajstić information content (AvgIpc) is 2.26. The van der Waals surface area contributed by atoms with Crippen LogP contribution in [-0.2, 0) is 14.3 Å². The number of likely N-dealkylation sites (tertiary alicyclic amines) is 1. The number of amides is 1. The summed E-state index contributed by atoms with van der Waals surface area (Å²) in [5.41, 5.74) is -0.430. The summed E-state index contributed by atoms with van der Waals surface area (Å²) in [7, 11) is 0. The molecule has 1 amide bonds. The van der Waals surface area contributed by atoms with Crippen molar-refractivity contribution in [3.8, 4) is 0 Å². The molecule has 1 heterocycles. The monoisotopic (exact) mass is 283 g/mol. The average molecular weight is 283 g/mol. The van der Waals surface area contributed by atoms with Gasteiger partial charge in [0.1, 0.15) is 5.92 Å². The molecule has 0 N–H and O–H groups in total. The number of esters is 1. The Kier molecular flexibility index (Phi) is 5.60. The molecule has 3 atom stereocenters. The molecule has 4 nitrogen and oxygen atoms in total. The van der Waals surface area contributed by atoms with Crippen molar-refractivity contribution in [1.29, 1.82) is 0 Å². The number of hydrogen-bond donors (Lipinski definition) is 0. The zero-order valence-corrected chi connectivity index (χ0v) is 13.7. The van der Waals surface area contributed by atoms with Crippen LogP contribution >= 0.6 is 0 Å². The minimum absolute atomic E-state index is 0.0735. The predicted molar refractivity (Wildman–Crippen MR) is 79.2 cm³/mol. The fraction of sp³-hybridized carbons (Fsp3) is 0.875. The zero-order valence-electron chi connectivity index (χ0n) is 13.7. The van der Waals surface area contributed by atoms with Gasteiger partial charge in [-0.2, -0.15) is 0 Å². The molecule has 0 aromatic rings. The van der Waals surface area contributed by atoms with Gasteiger partial charge in [0.25, 0.3) is 0 Å². The largest absolute Gasteiger partial charge is 0.465 e. The highest BCUT2D eigenvalue weighted by Gasteiger charge is 2.44. The highest BCUT2D eigenvalue weighted by Crippen LogP contribution is 2.33. The molecule has 1 aliphatic rings. The van der Waals surface area contributed by atoms with Crippen LogP contribution in [0.4, 0.5) is 0 Å². The third kappa shape index (κ3) is 3.74. The van der Waals surface area contributed by atoms with Crippen molar-refractivity contribution in [2.75, 3.05) is 6.61 Å². The second-order valence-corrected chi connectivity index (χ2v) is 6.93. The smallest absolute Gasteiger partial charge is 0.319 e. The van der Waals surface area contributed by atoms with E-state index in [2.05, 4.69) is 13.8 Å². The Morgan fingerprint density at radius 3 is 2.10 bits per heavy atom. The van der Waals surface area contributed by atoms with Crippen molar-refractivity contribution in [3.05, 3.63) is 0 Å². The number of piperidine rings is 1. The van der Waals surface area contributed by atoms with Gasteiger partial charge in [0.05, 0.1) is 6.61 Å². The van der Waals surface area contributed by atoms with Crippen molar-refractivity contribution >= 4 is 11.9 Å². The Morgan fingerprint density at radius 2 is 1.70 bits per heavy atom. The van der Waals surface area contributed by atoms with E-state index in [4.69, 9.17) is 4.74 Å². The van der Waals surface area contributed by atoms with Gasteiger partial charge in [0.2, 0.25) is 5.91 Å². The lowest BCUT2D eigenvalue weighted by molar-refractivity contribution is -0.163. The molecule has 1 unspecified atom stereocenters. The summed E-state index contributed by atoms with van der Waals surface area (Å²) >= 11 is 0. The molecule has 0 aromatic heterocycles. The van der Waals surface area contributed by atoms with Gasteiger partial charge in [-0.25, -0.2) is 0 Å². The standard InChI is InChI=1S/C16H29NO3/c1-7-20-15(19)13(16(4,5)6)14(18)17-11(2)9-8-10-12(17)3/h11-13H,7-10H2,1-6H3/t11-,12+,13?. The molecule has 4 heteroatoms. The Morgan fingerprint density at radius 1 is 1.20 bits per heavy atom. The van der Waals surface area contributed by atoms with Crippen molar-refractivity contribution in [1.82, 2.24) is 4.90 Å². The lowest BCUT2D eigenvalue weighted by atomic mass is 9.78. The maximum absolute atomic E-state index is 12.9. The van der Waals surface area contributed by atoms with Gasteiger partial charge in [-0.15, -0.1) is 0 Å². The second-order valence-electron chi connectivity index (χ2n) is 6.93. The van der Waals surface area contributed by atoms with Gasteiger partial charge in [0.15, 0.2) is 0 Å². The molecule has 0 radical (unpaired) electrons. The second kappa shape index (κ2) is 6.59. The van der Waals surface area contributed by atoms with Gasteiger partial charge in [0, 0.05) is 12.1 Å². The van der Waals surface area contributed by atoms with Crippen molar-refractivity contribution in [2.45, 2.75) is 72.9 Å². The molecular weight excluding hydrogens is 254 g/mol. The lowest BCUT2D eigenvalue weighted by Crippen LogP contribution is -2.54. The summed E-state index contributed by atoms with van der Waals surface area (Å²) in [6.45, 7) is 12.0. The van der Waals surface area contributed by atoms with E-state index < -0.39 is 17.3 Å². The Hall–Kier alpha value is -1.06. The molecule has 0 bridgehead atoms. The van der Waals surface area contributed by atoms with Crippen molar-refractivity contribution in [2.24, 2.45) is 11.3 Å². The van der Waals surface area contributed by atoms with Crippen LogP contribution in [0.15, 0.2) is 0 Å². The van der Waals surface area contributed by atoms with Gasteiger partial charge in [-0.05, 0) is 45.4 Å². The summed E-state index contributed by atoms with van der Waals surface area (Å²) in [6, 6.07) is 0.399. The maximum atomic E-state index is 12.9. The quantitative estimate of drug-likeness (QED) is 0.591. The van der Waals surface area contributed by atoms with Gasteiger partial charge in [-0.1, -0.05) is 20.8 Å². The van der Waals surface area contributed by atoms with Gasteiger partial charge in [-0.3, -0.25) is 9.59 Å². The van der Waals surface area contributed by atoms with Crippen LogP contribution < -0.4 is 0 Å². The van der Waals surface area contributed by atoms with Gasteiger partial charge >= 0.3 is 5.97 Å². The number of carbonyl (C=O) groups excluding carboxylic acids is 2. The Bertz CT molecular complexity index is 349. The summed E-state index contributed by atoms with van der Waals surface area (Å²) in [6.07, 6.45) is 3.16. The third-order valence-electron chi connectivity index (χ3n) is 4.08. The lowest BCUT2D eigenvalue weighted by Gasteiger charge is -2.42. The molecule has 20 heavy (non-hydrogen) atoms. The molecule has 1 fully saturated rings. The van der Waals surface area contributed by atoms with E-state index in [1.54, 1.807) is 6.92 Å². The summed E-state index contributed by atoms with van der Waals surface area (Å²) < 4.78 is 5.13. The van der Waals surface area contributed by atoms with Crippen LogP contribution in [0.5, 0.6) is 0 Å². The number of nitrogens with zero attached hydrogens (tertiary/aromatic N) is 1. The summed E-state index contributed by atoms with van der Waals surface area (Å²) in [4.78, 5) is 27.0. The number of ether oxygens (including phenoxy) is 1. The van der Waals surface area contributed by atoms with Crippen LogP contribution in [0.1, 0.15) is 60.8 Å². The van der Waals surface area contributed by atoms with Crippen LogP contribution in [0.25, 0.3) is 0 Å². The fourth-order valence-electron chi connectivity index (χ4n) is 3.06.